The number of rotatable bonds is 7. The second-order valence-corrected chi connectivity index (χ2v) is 12.7. The second kappa shape index (κ2) is 10.3. The lowest BCUT2D eigenvalue weighted by Gasteiger charge is -2.58. The average Bonchev–Trinajstić information content (AvgIpc) is 3.15. The number of esters is 1. The molecule has 0 spiro atoms. The molecule has 0 aliphatic heterocycles. The lowest BCUT2D eigenvalue weighted by atomic mass is 9.47. The predicted octanol–water partition coefficient (Wildman–Crippen LogP) is 6.44. The Kier molecular flexibility index (Phi) is 7.99. The van der Waals surface area contributed by atoms with Gasteiger partial charge in [0.05, 0.1) is 0 Å². The van der Waals surface area contributed by atoms with Crippen molar-refractivity contribution in [1.82, 2.24) is 4.90 Å². The van der Waals surface area contributed by atoms with Crippen LogP contribution in [0.5, 0.6) is 0 Å². The van der Waals surface area contributed by atoms with Crippen LogP contribution >= 0.6 is 23.2 Å². The fourth-order valence-corrected chi connectivity index (χ4v) is 9.23. The Bertz CT molecular complexity index is 809. The Hall–Kier alpha value is -0.740. The van der Waals surface area contributed by atoms with E-state index >= 15 is 0 Å². The molecule has 4 nitrogen and oxygen atoms in total. The molecule has 0 saturated heterocycles. The maximum absolute atomic E-state index is 13.4. The molecule has 0 unspecified atom stereocenters. The highest BCUT2D eigenvalue weighted by Gasteiger charge is 2.60. The number of amides is 1. The Morgan fingerprint density at radius 1 is 1.09 bits per heavy atom. The summed E-state index contributed by atoms with van der Waals surface area (Å²) < 4.78 is 5.59. The van der Waals surface area contributed by atoms with Crippen LogP contribution in [0.2, 0.25) is 0 Å². The maximum atomic E-state index is 13.4. The van der Waals surface area contributed by atoms with Gasteiger partial charge in [-0.25, -0.2) is 0 Å². The van der Waals surface area contributed by atoms with E-state index in [1.807, 2.05) is 4.90 Å². The Morgan fingerprint density at radius 2 is 1.79 bits per heavy atom. The third-order valence-electron chi connectivity index (χ3n) is 10.5. The zero-order valence-corrected chi connectivity index (χ0v) is 23.0. The van der Waals surface area contributed by atoms with Crippen LogP contribution in [0.4, 0.5) is 0 Å². The zero-order chi connectivity index (χ0) is 24.7. The third-order valence-corrected chi connectivity index (χ3v) is 10.8. The SMILES string of the molecule is CC(=O)O[C@H]1CC[C@@]2(C)C(=CC[C@H]3[C@@H]4CC[C@H]([C@H](C)C(=O)N(CCCl)CCCl)[C@@]4(C)CC[C@@H]32)C1. The standard InChI is InChI=1S/C28H43Cl2NO3/c1-18(26(33)31(15-13-29)16-14-30)23-7-8-24-22-6-5-20-17-21(34-19(2)32)9-11-27(20,3)25(22)10-12-28(23,24)4/h5,18,21-25H,6-17H2,1-4H3/t18-,21-,22-,23+,24-,25-,27-,28+/m0/s1. The highest BCUT2D eigenvalue weighted by Crippen LogP contribution is 2.67. The van der Waals surface area contributed by atoms with Crippen molar-refractivity contribution in [2.75, 3.05) is 24.8 Å². The molecule has 0 aromatic heterocycles. The van der Waals surface area contributed by atoms with Crippen LogP contribution in [0.15, 0.2) is 11.6 Å². The minimum Gasteiger partial charge on any atom is -0.462 e. The first-order valence-corrected chi connectivity index (χ1v) is 14.5. The van der Waals surface area contributed by atoms with Crippen molar-refractivity contribution in [3.05, 3.63) is 11.6 Å². The van der Waals surface area contributed by atoms with E-state index in [0.717, 1.165) is 32.1 Å². The normalized spacial score (nSPS) is 39.8. The number of hydrogen-bond acceptors (Lipinski definition) is 3. The molecule has 3 saturated carbocycles. The third kappa shape index (κ3) is 4.56. The van der Waals surface area contributed by atoms with Gasteiger partial charge in [-0.15, -0.1) is 23.2 Å². The maximum Gasteiger partial charge on any atom is 0.302 e. The minimum atomic E-state index is -0.160. The second-order valence-electron chi connectivity index (χ2n) is 12.0. The van der Waals surface area contributed by atoms with Gasteiger partial charge in [-0.3, -0.25) is 9.59 Å². The molecule has 8 atom stereocenters. The summed E-state index contributed by atoms with van der Waals surface area (Å²) in [6, 6.07) is 0. The van der Waals surface area contributed by atoms with Gasteiger partial charge < -0.3 is 9.64 Å². The average molecular weight is 513 g/mol. The molecule has 3 fully saturated rings. The fraction of sp³-hybridized carbons (Fsp3) is 0.857. The van der Waals surface area contributed by atoms with E-state index < -0.39 is 0 Å². The summed E-state index contributed by atoms with van der Waals surface area (Å²) in [5, 5.41) is 0. The largest absolute Gasteiger partial charge is 0.462 e. The van der Waals surface area contributed by atoms with Gasteiger partial charge >= 0.3 is 5.97 Å². The Balaban J connectivity index is 1.51. The van der Waals surface area contributed by atoms with Crippen LogP contribution < -0.4 is 0 Å². The molecule has 4 aliphatic rings. The van der Waals surface area contributed by atoms with Gasteiger partial charge in [-0.05, 0) is 79.4 Å². The molecule has 34 heavy (non-hydrogen) atoms. The number of halogens is 2. The molecule has 1 amide bonds. The first-order valence-electron chi connectivity index (χ1n) is 13.4. The molecule has 192 valence electrons. The van der Waals surface area contributed by atoms with Gasteiger partial charge in [-0.2, -0.15) is 0 Å². The topological polar surface area (TPSA) is 46.6 Å². The van der Waals surface area contributed by atoms with E-state index in [4.69, 9.17) is 27.9 Å². The van der Waals surface area contributed by atoms with Gasteiger partial charge in [0.2, 0.25) is 5.91 Å². The molecule has 0 aromatic rings. The van der Waals surface area contributed by atoms with E-state index in [1.54, 1.807) is 0 Å². The summed E-state index contributed by atoms with van der Waals surface area (Å²) >= 11 is 12.0. The lowest BCUT2D eigenvalue weighted by Crippen LogP contribution is -2.52. The van der Waals surface area contributed by atoms with E-state index in [1.165, 1.54) is 31.8 Å². The molecule has 6 heteroatoms. The first kappa shape index (κ1) is 26.3. The van der Waals surface area contributed by atoms with Gasteiger partial charge in [0.1, 0.15) is 6.10 Å². The Morgan fingerprint density at radius 3 is 2.44 bits per heavy atom. The molecule has 4 aliphatic carbocycles. The Labute approximate surface area is 216 Å². The highest BCUT2D eigenvalue weighted by atomic mass is 35.5. The van der Waals surface area contributed by atoms with Gasteiger partial charge in [0, 0.05) is 44.1 Å². The molecule has 4 rings (SSSR count). The number of ether oxygens (including phenoxy) is 1. The van der Waals surface area contributed by atoms with Crippen LogP contribution in [-0.2, 0) is 14.3 Å². The quantitative estimate of drug-likeness (QED) is 0.224. The summed E-state index contributed by atoms with van der Waals surface area (Å²) in [4.78, 5) is 26.8. The van der Waals surface area contributed by atoms with Crippen LogP contribution in [0.1, 0.15) is 79.1 Å². The molecule has 0 heterocycles. The van der Waals surface area contributed by atoms with Gasteiger partial charge in [0.25, 0.3) is 0 Å². The summed E-state index contributed by atoms with van der Waals surface area (Å²) in [6.07, 6.45) is 11.5. The number of carbonyl (C=O) groups excluding carboxylic acids is 2. The van der Waals surface area contributed by atoms with Crippen molar-refractivity contribution in [3.8, 4) is 0 Å². The summed E-state index contributed by atoms with van der Waals surface area (Å²) in [6.45, 7) is 9.80. The summed E-state index contributed by atoms with van der Waals surface area (Å²) in [7, 11) is 0. The van der Waals surface area contributed by atoms with Crippen molar-refractivity contribution >= 4 is 35.1 Å². The van der Waals surface area contributed by atoms with Crippen molar-refractivity contribution < 1.29 is 14.3 Å². The monoisotopic (exact) mass is 511 g/mol. The molecule has 0 radical (unpaired) electrons. The number of fused-ring (bicyclic) bond motifs is 5. The van der Waals surface area contributed by atoms with Crippen molar-refractivity contribution in [2.45, 2.75) is 85.2 Å². The first-order chi connectivity index (χ1) is 16.2. The van der Waals surface area contributed by atoms with Crippen LogP contribution in [0.3, 0.4) is 0 Å². The highest BCUT2D eigenvalue weighted by molar-refractivity contribution is 6.18. The number of carbonyl (C=O) groups is 2. The lowest BCUT2D eigenvalue weighted by molar-refractivity contribution is -0.148. The number of hydrogen-bond donors (Lipinski definition) is 0. The van der Waals surface area contributed by atoms with Crippen molar-refractivity contribution in [2.24, 2.45) is 40.4 Å². The van der Waals surface area contributed by atoms with E-state index in [-0.39, 0.29) is 34.7 Å². The number of nitrogens with zero attached hydrogens (tertiary/aromatic N) is 1. The summed E-state index contributed by atoms with van der Waals surface area (Å²) in [5.74, 6) is 3.51. The van der Waals surface area contributed by atoms with Crippen LogP contribution in [-0.4, -0.2) is 47.7 Å². The van der Waals surface area contributed by atoms with Crippen LogP contribution in [0.25, 0.3) is 0 Å². The van der Waals surface area contributed by atoms with Crippen molar-refractivity contribution in [1.29, 1.82) is 0 Å². The minimum absolute atomic E-state index is 0.0161. The van der Waals surface area contributed by atoms with E-state index in [0.29, 0.717) is 48.5 Å². The molecular weight excluding hydrogens is 469 g/mol. The summed E-state index contributed by atoms with van der Waals surface area (Å²) in [5.41, 5.74) is 1.99. The van der Waals surface area contributed by atoms with Gasteiger partial charge in [0.15, 0.2) is 0 Å². The number of alkyl halides is 2. The van der Waals surface area contributed by atoms with E-state index in [2.05, 4.69) is 26.8 Å². The van der Waals surface area contributed by atoms with Crippen molar-refractivity contribution in [3.63, 3.8) is 0 Å². The van der Waals surface area contributed by atoms with E-state index in [9.17, 15) is 9.59 Å². The molecule has 0 N–H and O–H groups in total. The molecule has 0 bridgehead atoms. The van der Waals surface area contributed by atoms with Crippen LogP contribution in [0, 0.1) is 40.4 Å². The van der Waals surface area contributed by atoms with Gasteiger partial charge in [-0.1, -0.05) is 32.4 Å². The molecule has 0 aromatic carbocycles. The predicted molar refractivity (Wildman–Crippen MR) is 138 cm³/mol. The zero-order valence-electron chi connectivity index (χ0n) is 21.5. The fourth-order valence-electron chi connectivity index (χ4n) is 8.82. The smallest absolute Gasteiger partial charge is 0.302 e. The number of allylic oxidation sites excluding steroid dienone is 1. The molecular formula is C28H43Cl2NO3.